The number of cyclic esters (lactones) is 2. The van der Waals surface area contributed by atoms with Crippen molar-refractivity contribution in [2.24, 2.45) is 5.73 Å². The molecule has 1 aliphatic rings. The maximum Gasteiger partial charge on any atom is 0.509 e. The molecule has 0 aromatic heterocycles. The van der Waals surface area contributed by atoms with Crippen LogP contribution in [-0.2, 0) is 20.7 Å². The van der Waals surface area contributed by atoms with Gasteiger partial charge in [-0.1, -0.05) is 12.7 Å². The standard InChI is InChI=1S/C15H15FNO5/c1-2-5-20-12-7-10(6-11(16)8-12)3-4-15(13(17)18)9-21-14(19)22-15/h2,4,6-8H,1,3,5,9H2,(H2,17,18). The number of rotatable bonds is 7. The highest BCUT2D eigenvalue weighted by molar-refractivity contribution is 5.89. The van der Waals surface area contributed by atoms with E-state index in [1.54, 1.807) is 6.07 Å². The van der Waals surface area contributed by atoms with Gasteiger partial charge in [-0.2, -0.15) is 0 Å². The van der Waals surface area contributed by atoms with E-state index in [9.17, 15) is 14.0 Å². The van der Waals surface area contributed by atoms with Crippen molar-refractivity contribution in [3.8, 4) is 5.75 Å². The summed E-state index contributed by atoms with van der Waals surface area (Å²) in [5, 5.41) is 0. The van der Waals surface area contributed by atoms with Crippen molar-refractivity contribution in [1.82, 2.24) is 0 Å². The molecule has 1 aromatic carbocycles. The zero-order valence-corrected chi connectivity index (χ0v) is 11.7. The van der Waals surface area contributed by atoms with Gasteiger partial charge in [-0.05, 0) is 24.1 Å². The second-order valence-electron chi connectivity index (χ2n) is 4.70. The van der Waals surface area contributed by atoms with E-state index in [0.717, 1.165) is 0 Å². The number of carbonyl (C=O) groups is 2. The Labute approximate surface area is 126 Å². The number of halogens is 1. The summed E-state index contributed by atoms with van der Waals surface area (Å²) in [5.41, 5.74) is 4.14. The van der Waals surface area contributed by atoms with Gasteiger partial charge in [0.15, 0.2) is 0 Å². The summed E-state index contributed by atoms with van der Waals surface area (Å²) in [6.07, 6.45) is 2.09. The van der Waals surface area contributed by atoms with Gasteiger partial charge in [0.1, 0.15) is 24.8 Å². The number of nitrogens with two attached hydrogens (primary N) is 1. The lowest BCUT2D eigenvalue weighted by Crippen LogP contribution is -2.47. The molecule has 1 aliphatic heterocycles. The third kappa shape index (κ3) is 3.55. The quantitative estimate of drug-likeness (QED) is 0.609. The first-order valence-corrected chi connectivity index (χ1v) is 6.48. The summed E-state index contributed by atoms with van der Waals surface area (Å²) in [5.74, 6) is -1.01. The summed E-state index contributed by atoms with van der Waals surface area (Å²) in [4.78, 5) is 22.5. The number of hydrogen-bond acceptors (Lipinski definition) is 5. The van der Waals surface area contributed by atoms with Gasteiger partial charge in [-0.25, -0.2) is 9.18 Å². The number of hydrogen-bond donors (Lipinski definition) is 1. The molecule has 1 amide bonds. The summed E-state index contributed by atoms with van der Waals surface area (Å²) in [6.45, 7) is 3.45. The van der Waals surface area contributed by atoms with Gasteiger partial charge < -0.3 is 19.9 Å². The van der Waals surface area contributed by atoms with Crippen molar-refractivity contribution in [2.75, 3.05) is 13.2 Å². The molecule has 0 spiro atoms. The van der Waals surface area contributed by atoms with Gasteiger partial charge in [-0.3, -0.25) is 4.79 Å². The third-order valence-electron chi connectivity index (χ3n) is 3.05. The summed E-state index contributed by atoms with van der Waals surface area (Å²) in [7, 11) is 0. The first kappa shape index (κ1) is 15.8. The van der Waals surface area contributed by atoms with Crippen LogP contribution in [0.25, 0.3) is 0 Å². The van der Waals surface area contributed by atoms with Gasteiger partial charge >= 0.3 is 6.16 Å². The molecule has 22 heavy (non-hydrogen) atoms. The highest BCUT2D eigenvalue weighted by atomic mass is 19.1. The zero-order chi connectivity index (χ0) is 16.2. The Morgan fingerprint density at radius 1 is 1.50 bits per heavy atom. The molecular formula is C15H15FNO5. The molecule has 0 bridgehead atoms. The predicted octanol–water partition coefficient (Wildman–Crippen LogP) is 1.53. The molecule has 1 unspecified atom stereocenters. The number of ether oxygens (including phenoxy) is 3. The molecular weight excluding hydrogens is 293 g/mol. The minimum Gasteiger partial charge on any atom is -0.489 e. The monoisotopic (exact) mass is 308 g/mol. The highest BCUT2D eigenvalue weighted by Crippen LogP contribution is 2.26. The van der Waals surface area contributed by atoms with Crippen molar-refractivity contribution in [3.63, 3.8) is 0 Å². The van der Waals surface area contributed by atoms with Crippen LogP contribution in [0.4, 0.5) is 9.18 Å². The molecule has 117 valence electrons. The minimum absolute atomic E-state index is 0.141. The third-order valence-corrected chi connectivity index (χ3v) is 3.05. The Bertz CT molecular complexity index is 604. The topological polar surface area (TPSA) is 87.9 Å². The van der Waals surface area contributed by atoms with E-state index in [0.29, 0.717) is 11.3 Å². The average molecular weight is 308 g/mol. The molecule has 1 heterocycles. The van der Waals surface area contributed by atoms with E-state index < -0.39 is 23.5 Å². The van der Waals surface area contributed by atoms with Crippen LogP contribution >= 0.6 is 0 Å². The Morgan fingerprint density at radius 3 is 2.86 bits per heavy atom. The first-order chi connectivity index (χ1) is 10.4. The zero-order valence-electron chi connectivity index (χ0n) is 11.7. The smallest absolute Gasteiger partial charge is 0.489 e. The Balaban J connectivity index is 2.09. The summed E-state index contributed by atoms with van der Waals surface area (Å²) >= 11 is 0. The van der Waals surface area contributed by atoms with Crippen molar-refractivity contribution in [3.05, 3.63) is 48.7 Å². The van der Waals surface area contributed by atoms with Crippen LogP contribution in [0.3, 0.4) is 0 Å². The van der Waals surface area contributed by atoms with Crippen LogP contribution in [0.2, 0.25) is 0 Å². The van der Waals surface area contributed by atoms with Crippen molar-refractivity contribution < 1.29 is 28.2 Å². The molecule has 7 heteroatoms. The molecule has 1 saturated heterocycles. The van der Waals surface area contributed by atoms with E-state index in [4.69, 9.17) is 15.2 Å². The van der Waals surface area contributed by atoms with Gasteiger partial charge in [0, 0.05) is 12.5 Å². The lowest BCUT2D eigenvalue weighted by Gasteiger charge is -2.20. The van der Waals surface area contributed by atoms with E-state index in [2.05, 4.69) is 11.3 Å². The fraction of sp³-hybridized carbons (Fsp3) is 0.267. The Morgan fingerprint density at radius 2 is 2.27 bits per heavy atom. The molecule has 1 aromatic rings. The summed E-state index contributed by atoms with van der Waals surface area (Å²) < 4.78 is 28.3. The number of primary amides is 1. The van der Waals surface area contributed by atoms with E-state index in [1.807, 2.05) is 0 Å². The highest BCUT2D eigenvalue weighted by Gasteiger charge is 2.47. The first-order valence-electron chi connectivity index (χ1n) is 6.48. The summed E-state index contributed by atoms with van der Waals surface area (Å²) in [6, 6.07) is 4.12. The molecule has 0 saturated carbocycles. The predicted molar refractivity (Wildman–Crippen MR) is 74.5 cm³/mol. The van der Waals surface area contributed by atoms with Crippen molar-refractivity contribution in [1.29, 1.82) is 0 Å². The molecule has 6 nitrogen and oxygen atoms in total. The number of carbonyl (C=O) groups excluding carboxylic acids is 2. The van der Waals surface area contributed by atoms with Crippen LogP contribution in [0.5, 0.6) is 5.75 Å². The van der Waals surface area contributed by atoms with Gasteiger partial charge in [0.2, 0.25) is 5.60 Å². The fourth-order valence-electron chi connectivity index (χ4n) is 1.96. The van der Waals surface area contributed by atoms with Crippen molar-refractivity contribution >= 4 is 12.1 Å². The largest absolute Gasteiger partial charge is 0.509 e. The van der Waals surface area contributed by atoms with Gasteiger partial charge in [-0.15, -0.1) is 0 Å². The molecule has 1 atom stereocenters. The van der Waals surface area contributed by atoms with Crippen LogP contribution in [-0.4, -0.2) is 30.9 Å². The van der Waals surface area contributed by atoms with Gasteiger partial charge in [0.25, 0.3) is 5.91 Å². The lowest BCUT2D eigenvalue weighted by atomic mass is 9.95. The Kier molecular flexibility index (Phi) is 4.65. The normalized spacial score (nSPS) is 20.1. The lowest BCUT2D eigenvalue weighted by molar-refractivity contribution is -0.130. The van der Waals surface area contributed by atoms with Crippen LogP contribution in [0.1, 0.15) is 5.56 Å². The molecule has 1 radical (unpaired) electrons. The van der Waals surface area contributed by atoms with Crippen molar-refractivity contribution in [2.45, 2.75) is 12.0 Å². The second kappa shape index (κ2) is 6.46. The molecule has 1 fully saturated rings. The van der Waals surface area contributed by atoms with E-state index in [1.165, 1.54) is 24.6 Å². The average Bonchev–Trinajstić information content (AvgIpc) is 2.85. The fourth-order valence-corrected chi connectivity index (χ4v) is 1.96. The minimum atomic E-state index is -1.63. The number of amides is 1. The Hall–Kier alpha value is -2.57. The van der Waals surface area contributed by atoms with Crippen LogP contribution in [0, 0.1) is 12.2 Å². The second-order valence-corrected chi connectivity index (χ2v) is 4.70. The SMILES string of the molecule is C=CCOc1cc(F)cc(C[CH]C2(C(N)=O)COC(=O)O2)c1. The van der Waals surface area contributed by atoms with Crippen LogP contribution < -0.4 is 10.5 Å². The molecule has 2 N–H and O–H groups in total. The molecule has 0 aliphatic carbocycles. The van der Waals surface area contributed by atoms with E-state index >= 15 is 0 Å². The molecule has 2 rings (SSSR count). The maximum absolute atomic E-state index is 13.6. The maximum atomic E-state index is 13.6. The van der Waals surface area contributed by atoms with Gasteiger partial charge in [0.05, 0.1) is 0 Å². The van der Waals surface area contributed by atoms with Crippen LogP contribution in [0.15, 0.2) is 30.9 Å². The number of benzene rings is 1. The van der Waals surface area contributed by atoms with E-state index in [-0.39, 0.29) is 19.6 Å².